The number of hydrogen-bond acceptors (Lipinski definition) is 4. The summed E-state index contributed by atoms with van der Waals surface area (Å²) < 4.78 is 5.18. The minimum absolute atomic E-state index is 0.0341. The van der Waals surface area contributed by atoms with Gasteiger partial charge in [-0.25, -0.2) is 4.79 Å². The third kappa shape index (κ3) is 4.41. The molecule has 2 amide bonds. The molecule has 1 heterocycles. The third-order valence-corrected chi connectivity index (χ3v) is 8.16. The maximum absolute atomic E-state index is 13.5. The zero-order chi connectivity index (χ0) is 24.5. The zero-order valence-electron chi connectivity index (χ0n) is 20.7. The van der Waals surface area contributed by atoms with Crippen LogP contribution in [0.5, 0.6) is 0 Å². The van der Waals surface area contributed by atoms with Crippen LogP contribution in [0.2, 0.25) is 0 Å². The van der Waals surface area contributed by atoms with Crippen molar-refractivity contribution in [3.05, 3.63) is 58.7 Å². The SMILES string of the molecule is C=C(C)C(=O)OCCN1C(=O)c2ccc(C3CCCCC3)c3c(C4CCCCC4)ccc(c23)C1=O. The first-order chi connectivity index (χ1) is 17.0. The van der Waals surface area contributed by atoms with E-state index in [1.54, 1.807) is 6.92 Å². The van der Waals surface area contributed by atoms with Crippen LogP contribution in [0.25, 0.3) is 10.8 Å². The van der Waals surface area contributed by atoms with Crippen molar-refractivity contribution < 1.29 is 19.1 Å². The van der Waals surface area contributed by atoms with Gasteiger partial charge in [0.15, 0.2) is 0 Å². The van der Waals surface area contributed by atoms with E-state index in [-0.39, 0.29) is 25.0 Å². The Balaban J connectivity index is 1.57. The minimum Gasteiger partial charge on any atom is -0.460 e. The predicted molar refractivity (Wildman–Crippen MR) is 137 cm³/mol. The van der Waals surface area contributed by atoms with Gasteiger partial charge in [0, 0.05) is 22.1 Å². The second kappa shape index (κ2) is 9.96. The Morgan fingerprint density at radius 2 is 1.31 bits per heavy atom. The highest BCUT2D eigenvalue weighted by molar-refractivity contribution is 6.26. The topological polar surface area (TPSA) is 63.7 Å². The number of carbonyl (C=O) groups is 3. The molecule has 0 aromatic heterocycles. The van der Waals surface area contributed by atoms with Crippen molar-refractivity contribution >= 4 is 28.6 Å². The number of imide groups is 1. The Morgan fingerprint density at radius 3 is 1.77 bits per heavy atom. The standard InChI is InChI=1S/C30H35NO4/c1-19(2)30(34)35-18-17-31-28(32)24-15-13-22(20-9-5-3-6-10-20)26-23(21-11-7-4-8-12-21)14-16-25(27(24)26)29(31)33/h13-16,20-21H,1,3-12,17-18H2,2H3. The second-order valence-corrected chi connectivity index (χ2v) is 10.5. The molecule has 5 heteroatoms. The van der Waals surface area contributed by atoms with Crippen LogP contribution in [0.15, 0.2) is 36.4 Å². The van der Waals surface area contributed by atoms with E-state index in [0.717, 1.165) is 5.39 Å². The molecule has 2 fully saturated rings. The van der Waals surface area contributed by atoms with Crippen LogP contribution in [-0.2, 0) is 9.53 Å². The minimum atomic E-state index is -0.515. The summed E-state index contributed by atoms with van der Waals surface area (Å²) in [5, 5.41) is 2.02. The van der Waals surface area contributed by atoms with E-state index in [1.807, 2.05) is 12.1 Å². The summed E-state index contributed by atoms with van der Waals surface area (Å²) in [6.45, 7) is 5.15. The van der Waals surface area contributed by atoms with Gasteiger partial charge in [0.2, 0.25) is 0 Å². The lowest BCUT2D eigenvalue weighted by molar-refractivity contribution is -0.139. The summed E-state index contributed by atoms with van der Waals surface area (Å²) in [6, 6.07) is 8.19. The lowest BCUT2D eigenvalue weighted by Gasteiger charge is -2.32. The molecule has 0 unspecified atom stereocenters. The van der Waals surface area contributed by atoms with Gasteiger partial charge in [-0.05, 0) is 73.1 Å². The van der Waals surface area contributed by atoms with Crippen molar-refractivity contribution in [3.8, 4) is 0 Å². The summed E-state index contributed by atoms with van der Waals surface area (Å²) in [5.41, 5.74) is 4.14. The lowest BCUT2D eigenvalue weighted by Crippen LogP contribution is -2.42. The maximum atomic E-state index is 13.5. The fourth-order valence-electron chi connectivity index (χ4n) is 6.35. The first-order valence-corrected chi connectivity index (χ1v) is 13.3. The van der Waals surface area contributed by atoms with Gasteiger partial charge >= 0.3 is 5.97 Å². The fraction of sp³-hybridized carbons (Fsp3) is 0.500. The van der Waals surface area contributed by atoms with E-state index in [9.17, 15) is 14.4 Å². The van der Waals surface area contributed by atoms with E-state index in [1.165, 1.54) is 85.6 Å². The van der Waals surface area contributed by atoms with Crippen LogP contribution in [0.3, 0.4) is 0 Å². The molecule has 2 aromatic carbocycles. The van der Waals surface area contributed by atoms with Crippen molar-refractivity contribution in [2.45, 2.75) is 83.0 Å². The van der Waals surface area contributed by atoms with Gasteiger partial charge in [-0.1, -0.05) is 57.2 Å². The smallest absolute Gasteiger partial charge is 0.333 e. The molecule has 0 saturated heterocycles. The van der Waals surface area contributed by atoms with E-state index >= 15 is 0 Å². The van der Waals surface area contributed by atoms with Crippen molar-refractivity contribution in [3.63, 3.8) is 0 Å². The molecule has 5 rings (SSSR count). The third-order valence-electron chi connectivity index (χ3n) is 8.16. The molecule has 1 aliphatic heterocycles. The normalized spacial score (nSPS) is 19.3. The van der Waals surface area contributed by atoms with Crippen molar-refractivity contribution in [1.29, 1.82) is 0 Å². The molecule has 2 saturated carbocycles. The van der Waals surface area contributed by atoms with E-state index in [2.05, 4.69) is 18.7 Å². The quantitative estimate of drug-likeness (QED) is 0.268. The van der Waals surface area contributed by atoms with Gasteiger partial charge in [-0.2, -0.15) is 0 Å². The van der Waals surface area contributed by atoms with Crippen LogP contribution >= 0.6 is 0 Å². The van der Waals surface area contributed by atoms with E-state index in [0.29, 0.717) is 28.5 Å². The van der Waals surface area contributed by atoms with Gasteiger partial charge in [0.1, 0.15) is 6.61 Å². The zero-order valence-corrected chi connectivity index (χ0v) is 20.7. The molecule has 0 radical (unpaired) electrons. The fourth-order valence-corrected chi connectivity index (χ4v) is 6.35. The molecule has 3 aliphatic rings. The molecule has 0 N–H and O–H groups in total. The molecule has 35 heavy (non-hydrogen) atoms. The number of esters is 1. The average molecular weight is 474 g/mol. The summed E-state index contributed by atoms with van der Waals surface area (Å²) in [4.78, 5) is 40.1. The van der Waals surface area contributed by atoms with Crippen LogP contribution < -0.4 is 0 Å². The van der Waals surface area contributed by atoms with E-state index in [4.69, 9.17) is 4.74 Å². The van der Waals surface area contributed by atoms with Crippen LogP contribution in [0, 0.1) is 0 Å². The molecule has 5 nitrogen and oxygen atoms in total. The summed E-state index contributed by atoms with van der Waals surface area (Å²) in [7, 11) is 0. The Bertz CT molecular complexity index is 1110. The number of carbonyl (C=O) groups excluding carboxylic acids is 3. The number of amides is 2. The van der Waals surface area contributed by atoms with E-state index < -0.39 is 5.97 Å². The molecule has 2 aromatic rings. The monoisotopic (exact) mass is 473 g/mol. The van der Waals surface area contributed by atoms with Crippen molar-refractivity contribution in [2.75, 3.05) is 13.2 Å². The largest absolute Gasteiger partial charge is 0.460 e. The van der Waals surface area contributed by atoms with Gasteiger partial charge in [0.25, 0.3) is 11.8 Å². The molecule has 0 spiro atoms. The number of hydrogen-bond donors (Lipinski definition) is 0. The van der Waals surface area contributed by atoms with Crippen molar-refractivity contribution in [2.24, 2.45) is 0 Å². The molecule has 0 bridgehead atoms. The number of nitrogens with zero attached hydrogens (tertiary/aromatic N) is 1. The number of rotatable bonds is 6. The molecule has 184 valence electrons. The van der Waals surface area contributed by atoms with Gasteiger partial charge in [0.05, 0.1) is 6.54 Å². The van der Waals surface area contributed by atoms with Gasteiger partial charge < -0.3 is 4.74 Å². The molecular weight excluding hydrogens is 438 g/mol. The summed E-state index contributed by atoms with van der Waals surface area (Å²) in [6.07, 6.45) is 12.2. The molecule has 0 atom stereocenters. The first-order valence-electron chi connectivity index (χ1n) is 13.3. The Hall–Kier alpha value is -2.95. The second-order valence-electron chi connectivity index (χ2n) is 10.5. The Kier molecular flexibility index (Phi) is 6.77. The lowest BCUT2D eigenvalue weighted by atomic mass is 9.75. The van der Waals surface area contributed by atoms with Gasteiger partial charge in [-0.3, -0.25) is 14.5 Å². The van der Waals surface area contributed by atoms with Gasteiger partial charge in [-0.15, -0.1) is 0 Å². The Labute approximate surface area is 207 Å². The molecule has 2 aliphatic carbocycles. The predicted octanol–water partition coefficient (Wildman–Crippen LogP) is 6.65. The van der Waals surface area contributed by atoms with Crippen LogP contribution in [0.4, 0.5) is 0 Å². The van der Waals surface area contributed by atoms with Crippen LogP contribution in [-0.4, -0.2) is 35.8 Å². The highest BCUT2D eigenvalue weighted by Gasteiger charge is 2.36. The first kappa shape index (κ1) is 23.8. The highest BCUT2D eigenvalue weighted by atomic mass is 16.5. The maximum Gasteiger partial charge on any atom is 0.333 e. The number of ether oxygens (including phenoxy) is 1. The summed E-state index contributed by atoms with van der Waals surface area (Å²) in [5.74, 6) is -0.135. The highest BCUT2D eigenvalue weighted by Crippen LogP contribution is 2.45. The van der Waals surface area contributed by atoms with Crippen LogP contribution in [0.1, 0.15) is 115 Å². The Morgan fingerprint density at radius 1 is 0.829 bits per heavy atom. The summed E-state index contributed by atoms with van der Waals surface area (Å²) >= 11 is 0. The molecular formula is C30H35NO4. The average Bonchev–Trinajstić information content (AvgIpc) is 2.89. The van der Waals surface area contributed by atoms with Crippen molar-refractivity contribution in [1.82, 2.24) is 4.90 Å². The number of benzene rings is 2.